The molecule has 0 atom stereocenters. The molecule has 4 nitrogen and oxygen atoms in total. The molecule has 0 saturated heterocycles. The van der Waals surface area contributed by atoms with Crippen LogP contribution in [0.25, 0.3) is 6.08 Å². The number of likely N-dealkylation sites (N-methyl/N-ethyl adjacent to an activating group) is 1. The number of carbonyl (C=O) groups excluding carboxylic acids is 1. The monoisotopic (exact) mass is 339 g/mol. The molecular weight excluding hydrogens is 322 g/mol. The number of aliphatic hydroxyl groups excluding tert-OH is 1. The molecule has 1 N–H and O–H groups in total. The Morgan fingerprint density at radius 1 is 1.50 bits per heavy atom. The van der Waals surface area contributed by atoms with Gasteiger partial charge in [-0.2, -0.15) is 0 Å². The minimum absolute atomic E-state index is 0.0918. The molecule has 0 fully saturated rings. The third-order valence-corrected chi connectivity index (χ3v) is 4.05. The minimum atomic E-state index is -0.602. The molecule has 1 aromatic carbocycles. The Morgan fingerprint density at radius 3 is 2.85 bits per heavy atom. The maximum atomic E-state index is 12.5. The standard InChI is InChI=1S/C15H18BrNO3/c1-15(2,9-18)17(3)14(19)11-6-10-7-12(16)4-5-13(10)20-8-11/h4-7,18H,8-9H2,1-3H3. The molecule has 108 valence electrons. The van der Waals surface area contributed by atoms with Gasteiger partial charge in [-0.05, 0) is 38.1 Å². The van der Waals surface area contributed by atoms with Crippen LogP contribution in [0, 0.1) is 0 Å². The molecule has 1 aliphatic rings. The first-order valence-electron chi connectivity index (χ1n) is 6.37. The minimum Gasteiger partial charge on any atom is -0.488 e. The second-order valence-electron chi connectivity index (χ2n) is 5.48. The highest BCUT2D eigenvalue weighted by atomic mass is 79.9. The van der Waals surface area contributed by atoms with E-state index in [-0.39, 0.29) is 19.1 Å². The summed E-state index contributed by atoms with van der Waals surface area (Å²) in [5.74, 6) is 0.642. The molecule has 1 heterocycles. The van der Waals surface area contributed by atoms with Crippen LogP contribution in [0.5, 0.6) is 5.75 Å². The molecule has 20 heavy (non-hydrogen) atoms. The Kier molecular flexibility index (Phi) is 4.20. The first-order valence-corrected chi connectivity index (χ1v) is 7.16. The number of amides is 1. The van der Waals surface area contributed by atoms with Crippen LogP contribution in [-0.4, -0.2) is 41.7 Å². The van der Waals surface area contributed by atoms with Gasteiger partial charge in [0.1, 0.15) is 12.4 Å². The quantitative estimate of drug-likeness (QED) is 0.920. The van der Waals surface area contributed by atoms with Gasteiger partial charge in [0, 0.05) is 17.1 Å². The van der Waals surface area contributed by atoms with Crippen LogP contribution in [0.3, 0.4) is 0 Å². The van der Waals surface area contributed by atoms with Crippen molar-refractivity contribution < 1.29 is 14.6 Å². The lowest BCUT2D eigenvalue weighted by molar-refractivity contribution is -0.132. The van der Waals surface area contributed by atoms with E-state index in [1.807, 2.05) is 38.1 Å². The number of hydrogen-bond acceptors (Lipinski definition) is 3. The van der Waals surface area contributed by atoms with Crippen molar-refractivity contribution in [3.8, 4) is 5.75 Å². The fourth-order valence-electron chi connectivity index (χ4n) is 1.87. The molecule has 5 heteroatoms. The van der Waals surface area contributed by atoms with Gasteiger partial charge < -0.3 is 14.7 Å². The Hall–Kier alpha value is -1.33. The summed E-state index contributed by atoms with van der Waals surface area (Å²) in [5, 5.41) is 9.36. The first-order chi connectivity index (χ1) is 9.35. The number of rotatable bonds is 3. The fourth-order valence-corrected chi connectivity index (χ4v) is 2.25. The van der Waals surface area contributed by atoms with Gasteiger partial charge in [-0.15, -0.1) is 0 Å². The van der Waals surface area contributed by atoms with Crippen molar-refractivity contribution in [3.63, 3.8) is 0 Å². The molecule has 0 aliphatic carbocycles. The highest BCUT2D eigenvalue weighted by molar-refractivity contribution is 9.10. The molecule has 0 aromatic heterocycles. The van der Waals surface area contributed by atoms with Gasteiger partial charge in [0.05, 0.1) is 17.7 Å². The van der Waals surface area contributed by atoms with Gasteiger partial charge in [-0.25, -0.2) is 0 Å². The lowest BCUT2D eigenvalue weighted by Gasteiger charge is -2.35. The third kappa shape index (κ3) is 2.88. The number of ether oxygens (including phenoxy) is 1. The van der Waals surface area contributed by atoms with Crippen molar-refractivity contribution in [1.82, 2.24) is 4.90 Å². The van der Waals surface area contributed by atoms with E-state index in [2.05, 4.69) is 15.9 Å². The van der Waals surface area contributed by atoms with E-state index in [1.165, 1.54) is 0 Å². The molecule has 1 amide bonds. The zero-order valence-corrected chi connectivity index (χ0v) is 13.4. The van der Waals surface area contributed by atoms with Crippen LogP contribution in [0.1, 0.15) is 19.4 Å². The van der Waals surface area contributed by atoms with E-state index < -0.39 is 5.54 Å². The molecule has 2 rings (SSSR count). The summed E-state index contributed by atoms with van der Waals surface area (Å²) in [6.45, 7) is 3.80. The summed E-state index contributed by atoms with van der Waals surface area (Å²) in [4.78, 5) is 14.0. The number of halogens is 1. The molecule has 0 spiro atoms. The van der Waals surface area contributed by atoms with Crippen molar-refractivity contribution >= 4 is 27.9 Å². The van der Waals surface area contributed by atoms with Crippen molar-refractivity contribution in [2.45, 2.75) is 19.4 Å². The van der Waals surface area contributed by atoms with Crippen molar-refractivity contribution in [2.75, 3.05) is 20.3 Å². The second kappa shape index (κ2) is 5.58. The number of benzene rings is 1. The average Bonchev–Trinajstić information content (AvgIpc) is 2.44. The predicted octanol–water partition coefficient (Wildman–Crippen LogP) is 2.45. The summed E-state index contributed by atoms with van der Waals surface area (Å²) in [6, 6.07) is 5.69. The van der Waals surface area contributed by atoms with E-state index in [4.69, 9.17) is 4.74 Å². The lowest BCUT2D eigenvalue weighted by atomic mass is 10.0. The summed E-state index contributed by atoms with van der Waals surface area (Å²) >= 11 is 3.41. The zero-order chi connectivity index (χ0) is 14.9. The maximum Gasteiger partial charge on any atom is 0.253 e. The summed E-state index contributed by atoms with van der Waals surface area (Å²) in [5.41, 5.74) is 0.860. The first kappa shape index (κ1) is 15.1. The highest BCUT2D eigenvalue weighted by Gasteiger charge is 2.30. The third-order valence-electron chi connectivity index (χ3n) is 3.56. The Bertz CT molecular complexity index is 566. The van der Waals surface area contributed by atoms with Crippen molar-refractivity contribution in [2.24, 2.45) is 0 Å². The van der Waals surface area contributed by atoms with E-state index in [1.54, 1.807) is 11.9 Å². The van der Waals surface area contributed by atoms with E-state index >= 15 is 0 Å². The van der Waals surface area contributed by atoms with Crippen molar-refractivity contribution in [1.29, 1.82) is 0 Å². The van der Waals surface area contributed by atoms with Crippen LogP contribution in [-0.2, 0) is 4.79 Å². The average molecular weight is 340 g/mol. The molecular formula is C15H18BrNO3. The van der Waals surface area contributed by atoms with Crippen LogP contribution in [0.15, 0.2) is 28.2 Å². The number of hydrogen-bond donors (Lipinski definition) is 1. The van der Waals surface area contributed by atoms with Gasteiger partial charge >= 0.3 is 0 Å². The lowest BCUT2D eigenvalue weighted by Crippen LogP contribution is -2.48. The van der Waals surface area contributed by atoms with Gasteiger partial charge in [0.15, 0.2) is 0 Å². The number of fused-ring (bicyclic) bond motifs is 1. The van der Waals surface area contributed by atoms with Gasteiger partial charge in [0.25, 0.3) is 5.91 Å². The van der Waals surface area contributed by atoms with Crippen LogP contribution >= 0.6 is 15.9 Å². The SMILES string of the molecule is CN(C(=O)C1=Cc2cc(Br)ccc2OC1)C(C)(C)CO. The van der Waals surface area contributed by atoms with E-state index in [0.29, 0.717) is 5.57 Å². The highest BCUT2D eigenvalue weighted by Crippen LogP contribution is 2.30. The van der Waals surface area contributed by atoms with Gasteiger partial charge in [-0.1, -0.05) is 15.9 Å². The molecule has 0 unspecified atom stereocenters. The molecule has 0 radical (unpaired) electrons. The second-order valence-corrected chi connectivity index (χ2v) is 6.39. The van der Waals surface area contributed by atoms with Crippen molar-refractivity contribution in [3.05, 3.63) is 33.8 Å². The molecule has 0 bridgehead atoms. The zero-order valence-electron chi connectivity index (χ0n) is 11.8. The van der Waals surface area contributed by atoms with Gasteiger partial charge in [0.2, 0.25) is 0 Å². The largest absolute Gasteiger partial charge is 0.488 e. The Balaban J connectivity index is 2.29. The van der Waals surface area contributed by atoms with Crippen LogP contribution in [0.2, 0.25) is 0 Å². The van der Waals surface area contributed by atoms with Crippen LogP contribution < -0.4 is 4.74 Å². The van der Waals surface area contributed by atoms with Crippen LogP contribution in [0.4, 0.5) is 0 Å². The van der Waals surface area contributed by atoms with E-state index in [9.17, 15) is 9.90 Å². The Morgan fingerprint density at radius 2 is 2.20 bits per heavy atom. The smallest absolute Gasteiger partial charge is 0.253 e. The van der Waals surface area contributed by atoms with E-state index in [0.717, 1.165) is 15.8 Å². The molecule has 1 aromatic rings. The predicted molar refractivity (Wildman–Crippen MR) is 81.5 cm³/mol. The number of aliphatic hydroxyl groups is 1. The summed E-state index contributed by atoms with van der Waals surface area (Å²) in [6.07, 6.45) is 1.84. The molecule has 1 aliphatic heterocycles. The molecule has 0 saturated carbocycles. The Labute approximate surface area is 127 Å². The number of carbonyl (C=O) groups is 1. The number of nitrogens with zero attached hydrogens (tertiary/aromatic N) is 1. The normalized spacial score (nSPS) is 14.2. The maximum absolute atomic E-state index is 12.5. The fraction of sp³-hybridized carbons (Fsp3) is 0.400. The summed E-state index contributed by atoms with van der Waals surface area (Å²) < 4.78 is 6.55. The summed E-state index contributed by atoms with van der Waals surface area (Å²) in [7, 11) is 1.69. The van der Waals surface area contributed by atoms with Gasteiger partial charge in [-0.3, -0.25) is 4.79 Å². The topological polar surface area (TPSA) is 49.8 Å².